The molecular weight excluding hydrogens is 258 g/mol. The van der Waals surface area contributed by atoms with Gasteiger partial charge in [-0.3, -0.25) is 4.79 Å². The molecule has 2 heterocycles. The fraction of sp³-hybridized carbons (Fsp3) is 0.429. The first-order valence-electron chi connectivity index (χ1n) is 6.47. The first-order valence-corrected chi connectivity index (χ1v) is 6.47. The second-order valence-electron chi connectivity index (χ2n) is 4.98. The summed E-state index contributed by atoms with van der Waals surface area (Å²) in [6, 6.07) is 7.63. The Morgan fingerprint density at radius 3 is 3.05 bits per heavy atom. The van der Waals surface area contributed by atoms with E-state index in [-0.39, 0.29) is 5.91 Å². The van der Waals surface area contributed by atoms with Crippen LogP contribution in [0.5, 0.6) is 0 Å². The lowest BCUT2D eigenvalue weighted by Gasteiger charge is -2.32. The third-order valence-electron chi connectivity index (χ3n) is 3.81. The van der Waals surface area contributed by atoms with E-state index in [9.17, 15) is 9.90 Å². The first kappa shape index (κ1) is 12.9. The van der Waals surface area contributed by atoms with Gasteiger partial charge in [0.15, 0.2) is 12.2 Å². The molecule has 1 fully saturated rings. The Bertz CT molecular complexity index is 596. The van der Waals surface area contributed by atoms with Crippen LogP contribution < -0.4 is 9.80 Å². The van der Waals surface area contributed by atoms with E-state index >= 15 is 0 Å². The predicted molar refractivity (Wildman–Crippen MR) is 72.4 cm³/mol. The maximum atomic E-state index is 11.7. The normalized spacial score (nSPS) is 25.6. The lowest BCUT2D eigenvalue weighted by molar-refractivity contribution is -0.125. The van der Waals surface area contributed by atoms with Crippen LogP contribution >= 0.6 is 0 Å². The zero-order valence-electron chi connectivity index (χ0n) is 11.1. The summed E-state index contributed by atoms with van der Waals surface area (Å²) < 4.78 is 5.32. The van der Waals surface area contributed by atoms with Crippen molar-refractivity contribution >= 4 is 17.3 Å². The van der Waals surface area contributed by atoms with E-state index in [2.05, 4.69) is 11.0 Å². The molecule has 3 rings (SSSR count). The number of aliphatic hydroxyl groups excluding tert-OH is 1. The Kier molecular flexibility index (Phi) is 3.08. The molecule has 2 unspecified atom stereocenters. The van der Waals surface area contributed by atoms with Gasteiger partial charge in [-0.25, -0.2) is 0 Å². The van der Waals surface area contributed by atoms with Gasteiger partial charge in [-0.2, -0.15) is 5.26 Å². The molecule has 6 nitrogen and oxygen atoms in total. The van der Waals surface area contributed by atoms with Gasteiger partial charge in [0.25, 0.3) is 5.91 Å². The summed E-state index contributed by atoms with van der Waals surface area (Å²) >= 11 is 0. The Morgan fingerprint density at radius 2 is 2.30 bits per heavy atom. The number of benzene rings is 1. The van der Waals surface area contributed by atoms with Gasteiger partial charge in [0, 0.05) is 24.8 Å². The van der Waals surface area contributed by atoms with E-state index in [0.717, 1.165) is 11.4 Å². The summed E-state index contributed by atoms with van der Waals surface area (Å²) in [6.45, 7) is 1.72. The monoisotopic (exact) mass is 273 g/mol. The highest BCUT2D eigenvalue weighted by Gasteiger charge is 2.34. The first-order chi connectivity index (χ1) is 9.61. The summed E-state index contributed by atoms with van der Waals surface area (Å²) in [4.78, 5) is 15.3. The van der Waals surface area contributed by atoms with Crippen LogP contribution in [0.15, 0.2) is 18.2 Å². The Labute approximate surface area is 116 Å². The third-order valence-corrected chi connectivity index (χ3v) is 3.81. The van der Waals surface area contributed by atoms with Crippen molar-refractivity contribution in [2.24, 2.45) is 0 Å². The molecule has 104 valence electrons. The van der Waals surface area contributed by atoms with Crippen LogP contribution in [0.4, 0.5) is 11.4 Å². The van der Waals surface area contributed by atoms with Gasteiger partial charge in [0.05, 0.1) is 24.9 Å². The molecule has 1 amide bonds. The maximum absolute atomic E-state index is 11.7. The highest BCUT2D eigenvalue weighted by Crippen LogP contribution is 2.37. The number of morpholine rings is 1. The van der Waals surface area contributed by atoms with E-state index in [1.165, 1.54) is 4.90 Å². The number of fused-ring (bicyclic) bond motifs is 1. The quantitative estimate of drug-likeness (QED) is 0.802. The molecule has 1 N–H and O–H groups in total. The summed E-state index contributed by atoms with van der Waals surface area (Å²) in [5.74, 6) is -0.311. The van der Waals surface area contributed by atoms with Gasteiger partial charge >= 0.3 is 0 Å². The number of hydrogen-bond donors (Lipinski definition) is 1. The van der Waals surface area contributed by atoms with Gasteiger partial charge < -0.3 is 19.6 Å². The highest BCUT2D eigenvalue weighted by molar-refractivity contribution is 6.03. The lowest BCUT2D eigenvalue weighted by Crippen LogP contribution is -2.41. The van der Waals surface area contributed by atoms with E-state index in [0.29, 0.717) is 25.3 Å². The van der Waals surface area contributed by atoms with Gasteiger partial charge in [-0.05, 0) is 12.1 Å². The largest absolute Gasteiger partial charge is 0.378 e. The van der Waals surface area contributed by atoms with Crippen LogP contribution in [-0.2, 0) is 9.53 Å². The van der Waals surface area contributed by atoms with E-state index in [4.69, 9.17) is 10.00 Å². The number of rotatable bonds is 1. The van der Waals surface area contributed by atoms with Crippen LogP contribution in [0.1, 0.15) is 11.7 Å². The number of anilines is 2. The molecule has 2 aliphatic rings. The van der Waals surface area contributed by atoms with Crippen molar-refractivity contribution in [3.63, 3.8) is 0 Å². The summed E-state index contributed by atoms with van der Waals surface area (Å²) in [5, 5.41) is 18.8. The molecule has 1 aromatic rings. The summed E-state index contributed by atoms with van der Waals surface area (Å²) in [5.41, 5.74) is 2.28. The minimum Gasteiger partial charge on any atom is -0.378 e. The molecule has 1 aromatic carbocycles. The standard InChI is InChI=1S/C14H15N3O3/c1-16-12-6-9(2-3-11(12)13(18)14(16)19)17-4-5-20-10(7-15)8-17/h2-3,6,10,13,18H,4-5,8H2,1H3. The van der Waals surface area contributed by atoms with Crippen LogP contribution in [0.2, 0.25) is 0 Å². The minimum absolute atomic E-state index is 0.311. The molecular formula is C14H15N3O3. The number of ether oxygens (including phenoxy) is 1. The topological polar surface area (TPSA) is 76.8 Å². The van der Waals surface area contributed by atoms with Gasteiger partial charge in [-0.15, -0.1) is 0 Å². The second kappa shape index (κ2) is 4.78. The van der Waals surface area contributed by atoms with Gasteiger partial charge in [0.2, 0.25) is 0 Å². The van der Waals surface area contributed by atoms with E-state index in [1.54, 1.807) is 13.1 Å². The van der Waals surface area contributed by atoms with Crippen LogP contribution in [-0.4, -0.2) is 43.9 Å². The number of aliphatic hydroxyl groups is 1. The molecule has 1 saturated heterocycles. The third kappa shape index (κ3) is 1.92. The average molecular weight is 273 g/mol. The van der Waals surface area contributed by atoms with Crippen molar-refractivity contribution in [2.45, 2.75) is 12.2 Å². The molecule has 0 aromatic heterocycles. The fourth-order valence-electron chi connectivity index (χ4n) is 2.65. The SMILES string of the molecule is CN1C(=O)C(O)c2ccc(N3CCOC(C#N)C3)cc21. The number of nitriles is 1. The molecule has 20 heavy (non-hydrogen) atoms. The average Bonchev–Trinajstić information content (AvgIpc) is 2.72. The molecule has 2 aliphatic heterocycles. The molecule has 2 atom stereocenters. The smallest absolute Gasteiger partial charge is 0.260 e. The van der Waals surface area contributed by atoms with E-state index < -0.39 is 12.2 Å². The van der Waals surface area contributed by atoms with Crippen molar-refractivity contribution in [1.29, 1.82) is 5.26 Å². The van der Waals surface area contributed by atoms with Crippen molar-refractivity contribution in [1.82, 2.24) is 0 Å². The number of carbonyl (C=O) groups is 1. The molecule has 0 aliphatic carbocycles. The zero-order valence-corrected chi connectivity index (χ0v) is 11.1. The van der Waals surface area contributed by atoms with Crippen molar-refractivity contribution in [3.05, 3.63) is 23.8 Å². The molecule has 0 spiro atoms. The van der Waals surface area contributed by atoms with Crippen LogP contribution in [0.25, 0.3) is 0 Å². The highest BCUT2D eigenvalue weighted by atomic mass is 16.5. The summed E-state index contributed by atoms with van der Waals surface area (Å²) in [7, 11) is 1.65. The van der Waals surface area contributed by atoms with Crippen LogP contribution in [0.3, 0.4) is 0 Å². The van der Waals surface area contributed by atoms with Gasteiger partial charge in [-0.1, -0.05) is 6.07 Å². The molecule has 0 bridgehead atoms. The number of nitrogens with zero attached hydrogens (tertiary/aromatic N) is 3. The Morgan fingerprint density at radius 1 is 1.50 bits per heavy atom. The number of carbonyl (C=O) groups excluding carboxylic acids is 1. The molecule has 0 radical (unpaired) electrons. The van der Waals surface area contributed by atoms with Crippen LogP contribution in [0, 0.1) is 11.3 Å². The van der Waals surface area contributed by atoms with Crippen molar-refractivity contribution in [3.8, 4) is 6.07 Å². The number of hydrogen-bond acceptors (Lipinski definition) is 5. The van der Waals surface area contributed by atoms with E-state index in [1.807, 2.05) is 12.1 Å². The second-order valence-corrected chi connectivity index (χ2v) is 4.98. The zero-order chi connectivity index (χ0) is 14.3. The number of amides is 1. The fourth-order valence-corrected chi connectivity index (χ4v) is 2.65. The Balaban J connectivity index is 1.90. The van der Waals surface area contributed by atoms with Crippen molar-refractivity contribution in [2.75, 3.05) is 36.5 Å². The lowest BCUT2D eigenvalue weighted by atomic mass is 10.1. The summed E-state index contributed by atoms with van der Waals surface area (Å²) in [6.07, 6.45) is -1.50. The Hall–Kier alpha value is -2.10. The molecule has 0 saturated carbocycles. The molecule has 6 heteroatoms. The predicted octanol–water partition coefficient (Wildman–Crippen LogP) is 0.425. The minimum atomic E-state index is -1.07. The van der Waals surface area contributed by atoms with Gasteiger partial charge in [0.1, 0.15) is 0 Å². The van der Waals surface area contributed by atoms with Crippen molar-refractivity contribution < 1.29 is 14.6 Å². The maximum Gasteiger partial charge on any atom is 0.260 e. The number of likely N-dealkylation sites (N-methyl/N-ethyl adjacent to an activating group) is 1.